The maximum atomic E-state index is 10.8. The van der Waals surface area contributed by atoms with Crippen molar-refractivity contribution < 1.29 is 4.79 Å². The van der Waals surface area contributed by atoms with Crippen LogP contribution in [0.4, 0.5) is 4.79 Å². The van der Waals surface area contributed by atoms with E-state index in [9.17, 15) is 9.59 Å². The second-order valence-corrected chi connectivity index (χ2v) is 2.52. The van der Waals surface area contributed by atoms with Gasteiger partial charge in [-0.1, -0.05) is 12.2 Å². The topological polar surface area (TPSA) is 90.4 Å². The quantitative estimate of drug-likeness (QED) is 0.494. The summed E-state index contributed by atoms with van der Waals surface area (Å²) >= 11 is 4.74. The fourth-order valence-corrected chi connectivity index (χ4v) is 1.10. The third kappa shape index (κ3) is 0.909. The summed E-state index contributed by atoms with van der Waals surface area (Å²) < 4.78 is 0.128. The van der Waals surface area contributed by atoms with E-state index in [0.717, 1.165) is 0 Å². The smallest absolute Gasteiger partial charge is 0.296 e. The van der Waals surface area contributed by atoms with Gasteiger partial charge in [-0.3, -0.25) is 9.97 Å². The van der Waals surface area contributed by atoms with Gasteiger partial charge in [-0.2, -0.15) is 9.98 Å². The molecular weight excluding hydrogens is 180 g/mol. The van der Waals surface area contributed by atoms with Gasteiger partial charge in [0.2, 0.25) is 0 Å². The van der Waals surface area contributed by atoms with E-state index in [1.165, 1.54) is 0 Å². The van der Waals surface area contributed by atoms with Crippen molar-refractivity contribution in [2.45, 2.75) is 0 Å². The average molecular weight is 182 g/mol. The number of hydrogen-bond acceptors (Lipinski definition) is 3. The zero-order valence-electron chi connectivity index (χ0n) is 5.62. The van der Waals surface area contributed by atoms with Gasteiger partial charge in [0, 0.05) is 0 Å². The normalized spacial score (nSPS) is 13.5. The fraction of sp³-hybridized carbons (Fsp3) is 0. The molecule has 0 atom stereocenters. The molecule has 6 nitrogen and oxygen atoms in total. The Morgan fingerprint density at radius 3 is 2.67 bits per heavy atom. The minimum Gasteiger partial charge on any atom is -0.296 e. The Morgan fingerprint density at radius 2 is 1.92 bits per heavy atom. The van der Waals surface area contributed by atoms with E-state index in [1.54, 1.807) is 0 Å². The van der Waals surface area contributed by atoms with Crippen LogP contribution < -0.4 is 16.5 Å². The highest BCUT2D eigenvalue weighted by Crippen LogP contribution is 1.80. The summed E-state index contributed by atoms with van der Waals surface area (Å²) in [4.78, 5) is 32.9. The Hall–Kier alpha value is -1.63. The number of aromatic amines is 2. The van der Waals surface area contributed by atoms with Crippen molar-refractivity contribution in [3.8, 4) is 0 Å². The monoisotopic (exact) mass is 182 g/mol. The molecule has 0 bridgehead atoms. The summed E-state index contributed by atoms with van der Waals surface area (Å²) in [6, 6.07) is -0.647. The van der Waals surface area contributed by atoms with E-state index >= 15 is 0 Å². The Kier molecular flexibility index (Phi) is 1.28. The van der Waals surface area contributed by atoms with Crippen LogP contribution in [-0.2, 0) is 0 Å². The van der Waals surface area contributed by atoms with Gasteiger partial charge in [-0.25, -0.2) is 9.59 Å². The van der Waals surface area contributed by atoms with E-state index in [2.05, 4.69) is 20.0 Å². The van der Waals surface area contributed by atoms with Crippen molar-refractivity contribution in [2.24, 2.45) is 9.98 Å². The minimum atomic E-state index is -0.647. The van der Waals surface area contributed by atoms with Crippen LogP contribution in [0.15, 0.2) is 14.8 Å². The molecule has 0 saturated carbocycles. The van der Waals surface area contributed by atoms with Gasteiger partial charge >= 0.3 is 11.7 Å². The molecule has 7 heteroatoms. The number of nitrogens with zero attached hydrogens (tertiary/aromatic N) is 2. The predicted molar refractivity (Wildman–Crippen MR) is 40.0 cm³/mol. The molecule has 1 aliphatic rings. The van der Waals surface area contributed by atoms with Crippen molar-refractivity contribution in [1.29, 1.82) is 0 Å². The van der Waals surface area contributed by atoms with Crippen molar-refractivity contribution in [3.63, 3.8) is 0 Å². The van der Waals surface area contributed by atoms with Crippen molar-refractivity contribution in [3.05, 3.63) is 26.0 Å². The lowest BCUT2D eigenvalue weighted by molar-refractivity contribution is 0.256. The number of carbonyl (C=O) groups excluding carboxylic acids is 1. The van der Waals surface area contributed by atoms with E-state index in [1.807, 2.05) is 0 Å². The number of rotatable bonds is 0. The molecule has 2 heterocycles. The zero-order chi connectivity index (χ0) is 8.72. The molecule has 0 aliphatic carbocycles. The summed E-state index contributed by atoms with van der Waals surface area (Å²) in [6.07, 6.45) is 0. The SMILES string of the molecule is O=C1N=c2[nH]c(=O)[nH]c(=S)c2=N1. The number of amides is 2. The summed E-state index contributed by atoms with van der Waals surface area (Å²) in [5.41, 5.74) is -0.360. The first kappa shape index (κ1) is 7.04. The number of carbonyl (C=O) groups is 1. The highest BCUT2D eigenvalue weighted by molar-refractivity contribution is 7.71. The molecular formula is C5H2N4O2S. The van der Waals surface area contributed by atoms with E-state index in [-0.39, 0.29) is 15.5 Å². The van der Waals surface area contributed by atoms with Gasteiger partial charge < -0.3 is 0 Å². The lowest BCUT2D eigenvalue weighted by atomic mass is 10.6. The van der Waals surface area contributed by atoms with Gasteiger partial charge in [-0.05, 0) is 0 Å². The molecule has 0 radical (unpaired) electrons. The molecule has 0 unspecified atom stereocenters. The molecule has 1 aromatic rings. The third-order valence-corrected chi connectivity index (χ3v) is 1.61. The first-order valence-corrected chi connectivity index (χ1v) is 3.42. The van der Waals surface area contributed by atoms with Gasteiger partial charge in [0.1, 0.15) is 10.00 Å². The highest BCUT2D eigenvalue weighted by Gasteiger charge is 2.06. The van der Waals surface area contributed by atoms with Crippen LogP contribution in [0.2, 0.25) is 0 Å². The molecule has 0 aromatic carbocycles. The van der Waals surface area contributed by atoms with Crippen LogP contribution in [0.3, 0.4) is 0 Å². The largest absolute Gasteiger partial charge is 0.369 e. The van der Waals surface area contributed by atoms with Gasteiger partial charge in [0.15, 0.2) is 5.49 Å². The maximum Gasteiger partial charge on any atom is 0.369 e. The first-order chi connectivity index (χ1) is 5.66. The van der Waals surface area contributed by atoms with E-state index in [0.29, 0.717) is 0 Å². The molecule has 0 fully saturated rings. The number of urea groups is 1. The molecule has 1 aliphatic heterocycles. The second-order valence-electron chi connectivity index (χ2n) is 2.11. The molecule has 2 rings (SSSR count). The summed E-state index contributed by atoms with van der Waals surface area (Å²) in [6.45, 7) is 0. The summed E-state index contributed by atoms with van der Waals surface area (Å²) in [5, 5.41) is 0.231. The molecule has 2 amide bonds. The predicted octanol–water partition coefficient (Wildman–Crippen LogP) is -1.19. The van der Waals surface area contributed by atoms with Crippen LogP contribution in [-0.4, -0.2) is 16.0 Å². The number of hydrogen-bond donors (Lipinski definition) is 2. The Morgan fingerprint density at radius 1 is 1.17 bits per heavy atom. The summed E-state index contributed by atoms with van der Waals surface area (Å²) in [5.74, 6) is 0. The number of fused-ring (bicyclic) bond motifs is 1. The van der Waals surface area contributed by atoms with Crippen molar-refractivity contribution >= 4 is 18.2 Å². The van der Waals surface area contributed by atoms with Gasteiger partial charge in [-0.15, -0.1) is 0 Å². The molecule has 0 saturated heterocycles. The second kappa shape index (κ2) is 2.18. The van der Waals surface area contributed by atoms with Gasteiger partial charge in [0.25, 0.3) is 0 Å². The Labute approximate surface area is 69.7 Å². The van der Waals surface area contributed by atoms with Crippen LogP contribution in [0.1, 0.15) is 0 Å². The van der Waals surface area contributed by atoms with E-state index < -0.39 is 11.7 Å². The molecule has 0 spiro atoms. The molecule has 60 valence electrons. The van der Waals surface area contributed by atoms with Crippen molar-refractivity contribution in [1.82, 2.24) is 9.97 Å². The van der Waals surface area contributed by atoms with E-state index in [4.69, 9.17) is 12.2 Å². The number of H-pyrrole nitrogens is 2. The van der Waals surface area contributed by atoms with Crippen LogP contribution in [0.25, 0.3) is 0 Å². The fourth-order valence-electron chi connectivity index (χ4n) is 0.869. The summed E-state index contributed by atoms with van der Waals surface area (Å²) in [7, 11) is 0. The maximum absolute atomic E-state index is 10.8. The van der Waals surface area contributed by atoms with Crippen LogP contribution in [0.5, 0.6) is 0 Å². The van der Waals surface area contributed by atoms with Crippen LogP contribution in [0, 0.1) is 4.64 Å². The van der Waals surface area contributed by atoms with Gasteiger partial charge in [0.05, 0.1) is 0 Å². The first-order valence-electron chi connectivity index (χ1n) is 3.01. The molecule has 2 N–H and O–H groups in total. The van der Waals surface area contributed by atoms with Crippen molar-refractivity contribution in [2.75, 3.05) is 0 Å². The Balaban J connectivity index is 3.15. The lowest BCUT2D eigenvalue weighted by Crippen LogP contribution is -2.35. The number of nitrogens with one attached hydrogen (secondary N) is 2. The molecule has 12 heavy (non-hydrogen) atoms. The lowest BCUT2D eigenvalue weighted by Gasteiger charge is -1.81. The Bertz CT molecular complexity index is 581. The highest BCUT2D eigenvalue weighted by atomic mass is 32.1. The minimum absolute atomic E-state index is 0.128. The molecule has 1 aromatic heterocycles. The third-order valence-electron chi connectivity index (χ3n) is 1.31. The standard InChI is InChI=1S/C5H2N4O2S/c10-4-6-1-2(7-4)8-5(11)9-3(1)12/h(H2,7,8,9,10,11,12). The zero-order valence-corrected chi connectivity index (χ0v) is 6.44. The van der Waals surface area contributed by atoms with Crippen LogP contribution >= 0.6 is 12.2 Å². The number of aromatic nitrogens is 2. The average Bonchev–Trinajstić information content (AvgIpc) is 2.29.